The van der Waals surface area contributed by atoms with E-state index in [1.807, 2.05) is 32.9 Å². The first-order valence-electron chi connectivity index (χ1n) is 5.52. The maximum atomic E-state index is 11.5. The van der Waals surface area contributed by atoms with Crippen LogP contribution in [0, 0.1) is 0 Å². The van der Waals surface area contributed by atoms with Gasteiger partial charge >= 0.3 is 0 Å². The topological polar surface area (TPSA) is 38.3 Å². The van der Waals surface area contributed by atoms with E-state index in [9.17, 15) is 4.79 Å². The number of hydrogen-bond donors (Lipinski definition) is 1. The molecule has 17 heavy (non-hydrogen) atoms. The summed E-state index contributed by atoms with van der Waals surface area (Å²) in [7, 11) is 0. The summed E-state index contributed by atoms with van der Waals surface area (Å²) in [6.45, 7) is 6.32. The molecule has 94 valence electrons. The van der Waals surface area contributed by atoms with Crippen LogP contribution in [0.2, 0.25) is 5.02 Å². The average molecular weight is 256 g/mol. The molecule has 1 N–H and O–H groups in total. The van der Waals surface area contributed by atoms with E-state index in [-0.39, 0.29) is 18.1 Å². The molecule has 0 spiro atoms. The van der Waals surface area contributed by atoms with Crippen molar-refractivity contribution in [3.05, 3.63) is 34.9 Å². The van der Waals surface area contributed by atoms with Gasteiger partial charge in [-0.1, -0.05) is 23.7 Å². The molecule has 0 bridgehead atoms. The second-order valence-electron chi connectivity index (χ2n) is 4.80. The molecule has 0 saturated heterocycles. The van der Waals surface area contributed by atoms with E-state index in [0.717, 1.165) is 5.56 Å². The number of ether oxygens (including phenoxy) is 1. The van der Waals surface area contributed by atoms with Gasteiger partial charge in [-0.25, -0.2) is 0 Å². The maximum absolute atomic E-state index is 11.5. The summed E-state index contributed by atoms with van der Waals surface area (Å²) in [5.41, 5.74) is 0.718. The molecule has 0 fully saturated rings. The molecule has 1 aromatic carbocycles. The average Bonchev–Trinajstić information content (AvgIpc) is 2.25. The minimum Gasteiger partial charge on any atom is -0.366 e. The Labute approximate surface area is 107 Å². The number of carbonyl (C=O) groups excluding carboxylic acids is 1. The van der Waals surface area contributed by atoms with Crippen molar-refractivity contribution < 1.29 is 9.53 Å². The zero-order valence-electron chi connectivity index (χ0n) is 10.4. The molecule has 0 aliphatic rings. The zero-order valence-corrected chi connectivity index (χ0v) is 11.2. The zero-order chi connectivity index (χ0) is 12.9. The molecule has 3 nitrogen and oxygen atoms in total. The quantitative estimate of drug-likeness (QED) is 0.899. The number of rotatable bonds is 4. The predicted octanol–water partition coefficient (Wildman–Crippen LogP) is 2.77. The van der Waals surface area contributed by atoms with Crippen LogP contribution < -0.4 is 5.32 Å². The third kappa shape index (κ3) is 6.29. The van der Waals surface area contributed by atoms with E-state index in [1.54, 1.807) is 12.1 Å². The van der Waals surface area contributed by atoms with Crippen LogP contribution in [-0.4, -0.2) is 18.1 Å². The van der Waals surface area contributed by atoms with Crippen LogP contribution in [0.1, 0.15) is 26.3 Å². The minimum absolute atomic E-state index is 0.0804. The molecule has 0 unspecified atom stereocenters. The van der Waals surface area contributed by atoms with Crippen LogP contribution in [0.4, 0.5) is 0 Å². The molecule has 0 saturated carbocycles. The molecule has 0 atom stereocenters. The van der Waals surface area contributed by atoms with E-state index >= 15 is 0 Å². The lowest BCUT2D eigenvalue weighted by molar-refractivity contribution is -0.130. The van der Waals surface area contributed by atoms with Crippen molar-refractivity contribution >= 4 is 17.5 Å². The Morgan fingerprint density at radius 1 is 1.29 bits per heavy atom. The summed E-state index contributed by atoms with van der Waals surface area (Å²) in [5.74, 6) is -0.116. The largest absolute Gasteiger partial charge is 0.366 e. The van der Waals surface area contributed by atoms with Gasteiger partial charge in [-0.15, -0.1) is 0 Å². The standard InChI is InChI=1S/C13H18ClNO2/c1-13(2,3)17-9-12(16)15-8-10-4-6-11(14)7-5-10/h4-7H,8-9H2,1-3H3,(H,15,16). The highest BCUT2D eigenvalue weighted by Gasteiger charge is 2.12. The highest BCUT2D eigenvalue weighted by atomic mass is 35.5. The molecule has 1 rings (SSSR count). The Kier molecular flexibility index (Phi) is 4.97. The normalized spacial score (nSPS) is 11.3. The van der Waals surface area contributed by atoms with E-state index in [2.05, 4.69) is 5.32 Å². The smallest absolute Gasteiger partial charge is 0.246 e. The minimum atomic E-state index is -0.294. The molecule has 4 heteroatoms. The summed E-state index contributed by atoms with van der Waals surface area (Å²) in [5, 5.41) is 3.47. The number of carbonyl (C=O) groups is 1. The predicted molar refractivity (Wildman–Crippen MR) is 69.0 cm³/mol. The van der Waals surface area contributed by atoms with Gasteiger partial charge in [0.2, 0.25) is 5.91 Å². The lowest BCUT2D eigenvalue weighted by Gasteiger charge is -2.18. The molecule has 0 heterocycles. The molecule has 0 aliphatic heterocycles. The Balaban J connectivity index is 2.31. The van der Waals surface area contributed by atoms with Crippen LogP contribution in [0.25, 0.3) is 0 Å². The molecule has 0 radical (unpaired) electrons. The highest BCUT2D eigenvalue weighted by molar-refractivity contribution is 6.30. The molecule has 1 amide bonds. The molecule has 1 aromatic rings. The van der Waals surface area contributed by atoms with Crippen LogP contribution in [0.3, 0.4) is 0 Å². The lowest BCUT2D eigenvalue weighted by atomic mass is 10.2. The van der Waals surface area contributed by atoms with Crippen molar-refractivity contribution in [1.82, 2.24) is 5.32 Å². The summed E-state index contributed by atoms with van der Waals surface area (Å²) < 4.78 is 5.37. The number of nitrogens with one attached hydrogen (secondary N) is 1. The Morgan fingerprint density at radius 2 is 1.88 bits per heavy atom. The van der Waals surface area contributed by atoms with Gasteiger partial charge in [0.25, 0.3) is 0 Å². The van der Waals surface area contributed by atoms with Crippen molar-refractivity contribution in [1.29, 1.82) is 0 Å². The third-order valence-electron chi connectivity index (χ3n) is 2.04. The van der Waals surface area contributed by atoms with Crippen molar-refractivity contribution in [3.63, 3.8) is 0 Å². The second kappa shape index (κ2) is 6.03. The fourth-order valence-electron chi connectivity index (χ4n) is 1.14. The number of halogens is 1. The first kappa shape index (κ1) is 14.0. The van der Waals surface area contributed by atoms with Gasteiger partial charge in [0.15, 0.2) is 0 Å². The van der Waals surface area contributed by atoms with Crippen LogP contribution in [-0.2, 0) is 16.1 Å². The third-order valence-corrected chi connectivity index (χ3v) is 2.29. The summed E-state index contributed by atoms with van der Waals surface area (Å²) >= 11 is 5.77. The van der Waals surface area contributed by atoms with Crippen LogP contribution in [0.15, 0.2) is 24.3 Å². The van der Waals surface area contributed by atoms with Crippen molar-refractivity contribution in [2.45, 2.75) is 32.9 Å². The maximum Gasteiger partial charge on any atom is 0.246 e. The van der Waals surface area contributed by atoms with Gasteiger partial charge in [-0.2, -0.15) is 0 Å². The van der Waals surface area contributed by atoms with E-state index < -0.39 is 0 Å². The highest BCUT2D eigenvalue weighted by Crippen LogP contribution is 2.09. The van der Waals surface area contributed by atoms with Gasteiger partial charge in [0, 0.05) is 11.6 Å². The van der Waals surface area contributed by atoms with E-state index in [1.165, 1.54) is 0 Å². The molecular weight excluding hydrogens is 238 g/mol. The van der Waals surface area contributed by atoms with Gasteiger partial charge in [0.05, 0.1) is 5.60 Å². The molecule has 0 aliphatic carbocycles. The number of hydrogen-bond acceptors (Lipinski definition) is 2. The van der Waals surface area contributed by atoms with Gasteiger partial charge in [0.1, 0.15) is 6.61 Å². The fourth-order valence-corrected chi connectivity index (χ4v) is 1.26. The van der Waals surface area contributed by atoms with E-state index in [0.29, 0.717) is 11.6 Å². The van der Waals surface area contributed by atoms with E-state index in [4.69, 9.17) is 16.3 Å². The number of amides is 1. The van der Waals surface area contributed by atoms with Crippen LogP contribution >= 0.6 is 11.6 Å². The van der Waals surface area contributed by atoms with Crippen molar-refractivity contribution in [3.8, 4) is 0 Å². The first-order valence-corrected chi connectivity index (χ1v) is 5.90. The fraction of sp³-hybridized carbons (Fsp3) is 0.462. The second-order valence-corrected chi connectivity index (χ2v) is 5.24. The first-order chi connectivity index (χ1) is 7.87. The summed E-state index contributed by atoms with van der Waals surface area (Å²) in [4.78, 5) is 11.5. The van der Waals surface area contributed by atoms with Gasteiger partial charge in [-0.3, -0.25) is 4.79 Å². The Bertz CT molecular complexity index is 368. The van der Waals surface area contributed by atoms with Gasteiger partial charge in [-0.05, 0) is 38.5 Å². The summed E-state index contributed by atoms with van der Waals surface area (Å²) in [6, 6.07) is 7.36. The molecule has 0 aromatic heterocycles. The van der Waals surface area contributed by atoms with Crippen molar-refractivity contribution in [2.24, 2.45) is 0 Å². The molecular formula is C13H18ClNO2. The van der Waals surface area contributed by atoms with Crippen LogP contribution in [0.5, 0.6) is 0 Å². The van der Waals surface area contributed by atoms with Crippen molar-refractivity contribution in [2.75, 3.05) is 6.61 Å². The monoisotopic (exact) mass is 255 g/mol. The van der Waals surface area contributed by atoms with Gasteiger partial charge < -0.3 is 10.1 Å². The lowest BCUT2D eigenvalue weighted by Crippen LogP contribution is -2.31. The SMILES string of the molecule is CC(C)(C)OCC(=O)NCc1ccc(Cl)cc1. The number of benzene rings is 1. The Hall–Kier alpha value is -1.06. The Morgan fingerprint density at radius 3 is 2.41 bits per heavy atom. The summed E-state index contributed by atoms with van der Waals surface area (Å²) in [6.07, 6.45) is 0.